The van der Waals surface area contributed by atoms with Crippen LogP contribution in [0.15, 0.2) is 84.9 Å². The molecule has 0 saturated carbocycles. The van der Waals surface area contributed by atoms with Crippen molar-refractivity contribution in [1.82, 2.24) is 0 Å². The zero-order valence-corrected chi connectivity index (χ0v) is 22.7. The first-order valence-corrected chi connectivity index (χ1v) is 12.6. The minimum absolute atomic E-state index is 0.216. The van der Waals surface area contributed by atoms with E-state index in [1.165, 1.54) is 0 Å². The average molecular weight is 505 g/mol. The molecule has 0 heterocycles. The highest BCUT2D eigenvalue weighted by molar-refractivity contribution is 6.02. The van der Waals surface area contributed by atoms with Crippen molar-refractivity contribution in [3.63, 3.8) is 0 Å². The molecule has 0 fully saturated rings. The van der Waals surface area contributed by atoms with Crippen LogP contribution in [0.4, 0.5) is 0 Å². The molecule has 0 aliphatic carbocycles. The van der Waals surface area contributed by atoms with E-state index in [4.69, 9.17) is 9.47 Å². The van der Waals surface area contributed by atoms with E-state index in [1.54, 1.807) is 48.5 Å². The third-order valence-corrected chi connectivity index (χ3v) is 6.42. The van der Waals surface area contributed by atoms with Crippen molar-refractivity contribution >= 4 is 23.5 Å². The summed E-state index contributed by atoms with van der Waals surface area (Å²) >= 11 is 0. The Morgan fingerprint density at radius 1 is 0.474 bits per heavy atom. The number of hydrogen-bond acceptors (Lipinski definition) is 4. The molecule has 38 heavy (non-hydrogen) atoms. The van der Waals surface area contributed by atoms with Gasteiger partial charge in [-0.1, -0.05) is 71.8 Å². The van der Waals surface area contributed by atoms with Crippen molar-refractivity contribution in [2.45, 2.75) is 41.5 Å². The summed E-state index contributed by atoms with van der Waals surface area (Å²) in [5, 5.41) is 0. The van der Waals surface area contributed by atoms with E-state index in [2.05, 4.69) is 0 Å². The summed E-state index contributed by atoms with van der Waals surface area (Å²) in [6.45, 7) is 11.9. The van der Waals surface area contributed by atoms with Crippen LogP contribution in [-0.2, 0) is 9.47 Å². The number of carbonyl (C=O) groups is 2. The summed E-state index contributed by atoms with van der Waals surface area (Å²) in [7, 11) is 0. The van der Waals surface area contributed by atoms with Gasteiger partial charge in [-0.2, -0.15) is 0 Å². The minimum atomic E-state index is -0.532. The second kappa shape index (κ2) is 11.3. The molecule has 0 amide bonds. The van der Waals surface area contributed by atoms with Crippen molar-refractivity contribution in [2.75, 3.05) is 0 Å². The maximum Gasteiger partial charge on any atom is 0.343 e. The van der Waals surface area contributed by atoms with Gasteiger partial charge in [-0.3, -0.25) is 0 Å². The van der Waals surface area contributed by atoms with Gasteiger partial charge in [0.15, 0.2) is 11.5 Å². The zero-order valence-electron chi connectivity index (χ0n) is 22.7. The van der Waals surface area contributed by atoms with Gasteiger partial charge in [0.2, 0.25) is 0 Å². The molecular formula is C34H32O4. The van der Waals surface area contributed by atoms with Gasteiger partial charge in [-0.05, 0) is 88.1 Å². The Bertz CT molecular complexity index is 1370. The number of aryl methyl sites for hydroxylation is 6. The molecule has 0 atom stereocenters. The highest BCUT2D eigenvalue weighted by atomic mass is 16.6. The van der Waals surface area contributed by atoms with E-state index in [-0.39, 0.29) is 11.5 Å². The molecule has 192 valence electrons. The van der Waals surface area contributed by atoms with Gasteiger partial charge < -0.3 is 9.47 Å². The summed E-state index contributed by atoms with van der Waals surface area (Å²) in [5.74, 6) is -0.632. The summed E-state index contributed by atoms with van der Waals surface area (Å²) in [4.78, 5) is 26.9. The highest BCUT2D eigenvalue weighted by Gasteiger charge is 2.27. The molecule has 0 aliphatic heterocycles. The van der Waals surface area contributed by atoms with Crippen LogP contribution in [0.1, 0.15) is 65.2 Å². The van der Waals surface area contributed by atoms with E-state index in [9.17, 15) is 9.59 Å². The highest BCUT2D eigenvalue weighted by Crippen LogP contribution is 2.37. The van der Waals surface area contributed by atoms with Gasteiger partial charge in [0.1, 0.15) is 0 Å². The van der Waals surface area contributed by atoms with Gasteiger partial charge in [-0.25, -0.2) is 9.59 Å². The van der Waals surface area contributed by atoms with E-state index in [1.807, 2.05) is 77.9 Å². The molecule has 4 nitrogen and oxygen atoms in total. The lowest BCUT2D eigenvalue weighted by Gasteiger charge is -2.22. The Morgan fingerprint density at radius 2 is 0.763 bits per heavy atom. The lowest BCUT2D eigenvalue weighted by atomic mass is 9.93. The largest absolute Gasteiger partial charge is 0.418 e. The minimum Gasteiger partial charge on any atom is -0.418 e. The average Bonchev–Trinajstić information content (AvgIpc) is 2.87. The fourth-order valence-electron chi connectivity index (χ4n) is 4.95. The summed E-state index contributed by atoms with van der Waals surface area (Å²) < 4.78 is 12.4. The number of rotatable bonds is 6. The lowest BCUT2D eigenvalue weighted by Crippen LogP contribution is -2.14. The normalized spacial score (nSPS) is 11.5. The predicted molar refractivity (Wildman–Crippen MR) is 152 cm³/mol. The predicted octanol–water partition coefficient (Wildman–Crippen LogP) is 8.08. The van der Waals surface area contributed by atoms with Crippen molar-refractivity contribution in [3.05, 3.63) is 141 Å². The van der Waals surface area contributed by atoms with E-state index < -0.39 is 11.9 Å². The first-order valence-electron chi connectivity index (χ1n) is 12.6. The molecule has 0 saturated heterocycles. The van der Waals surface area contributed by atoms with Gasteiger partial charge in [0, 0.05) is 11.1 Å². The number of ether oxygens (including phenoxy) is 2. The van der Waals surface area contributed by atoms with Crippen molar-refractivity contribution < 1.29 is 19.1 Å². The first-order chi connectivity index (χ1) is 18.2. The second-order valence-electron chi connectivity index (χ2n) is 9.72. The molecule has 4 aromatic carbocycles. The van der Waals surface area contributed by atoms with Gasteiger partial charge in [0.25, 0.3) is 0 Å². The Balaban J connectivity index is 2.03. The maximum atomic E-state index is 13.4. The van der Waals surface area contributed by atoms with Crippen LogP contribution >= 0.6 is 0 Å². The molecule has 4 rings (SSSR count). The van der Waals surface area contributed by atoms with Crippen LogP contribution in [-0.4, -0.2) is 11.9 Å². The molecule has 0 N–H and O–H groups in total. The quantitative estimate of drug-likeness (QED) is 0.151. The maximum absolute atomic E-state index is 13.4. The van der Waals surface area contributed by atoms with Crippen LogP contribution in [0, 0.1) is 41.5 Å². The van der Waals surface area contributed by atoms with Gasteiger partial charge >= 0.3 is 11.9 Å². The van der Waals surface area contributed by atoms with Crippen LogP contribution in [0.25, 0.3) is 11.5 Å². The number of hydrogen-bond donors (Lipinski definition) is 0. The van der Waals surface area contributed by atoms with Gasteiger partial charge in [-0.15, -0.1) is 0 Å². The van der Waals surface area contributed by atoms with Crippen LogP contribution in [0.5, 0.6) is 0 Å². The monoisotopic (exact) mass is 504 g/mol. The fraction of sp³-hybridized carbons (Fsp3) is 0.176. The molecule has 0 unspecified atom stereocenters. The summed E-state index contributed by atoms with van der Waals surface area (Å²) in [6, 6.07) is 25.8. The number of benzene rings is 4. The van der Waals surface area contributed by atoms with E-state index in [0.717, 1.165) is 44.5 Å². The Morgan fingerprint density at radius 3 is 1.05 bits per heavy atom. The third-order valence-electron chi connectivity index (χ3n) is 6.42. The fourth-order valence-corrected chi connectivity index (χ4v) is 4.95. The number of carbonyl (C=O) groups excluding carboxylic acids is 2. The zero-order chi connectivity index (χ0) is 27.4. The van der Waals surface area contributed by atoms with Crippen molar-refractivity contribution in [1.29, 1.82) is 0 Å². The molecule has 4 aromatic rings. The smallest absolute Gasteiger partial charge is 0.343 e. The molecule has 4 heteroatoms. The Kier molecular flexibility index (Phi) is 7.92. The second-order valence-corrected chi connectivity index (χ2v) is 9.72. The van der Waals surface area contributed by atoms with Crippen molar-refractivity contribution in [2.24, 2.45) is 0 Å². The molecular weight excluding hydrogens is 472 g/mol. The number of esters is 2. The molecule has 0 bridgehead atoms. The van der Waals surface area contributed by atoms with Crippen LogP contribution in [0.2, 0.25) is 0 Å². The molecule has 0 aromatic heterocycles. The topological polar surface area (TPSA) is 52.6 Å². The van der Waals surface area contributed by atoms with Crippen LogP contribution in [0.3, 0.4) is 0 Å². The SMILES string of the molecule is Cc1cc(C)c(/C(OC(=O)c2ccccc2)=C(\OC(=O)c2ccccc2)c2c(C)cc(C)cc2C)c(C)c1. The summed E-state index contributed by atoms with van der Waals surface area (Å²) in [6.07, 6.45) is 0. The standard InChI is InChI=1S/C34H32O4/c1-21-17-23(3)29(24(4)18-21)31(37-33(35)27-13-9-7-10-14-27)32(30-25(5)19-22(2)20-26(30)6)38-34(36)28-15-11-8-12-16-28/h7-20H,1-6H3/b32-31+. The summed E-state index contributed by atoms with van der Waals surface area (Å²) in [5.41, 5.74) is 8.06. The first kappa shape index (κ1) is 26.6. The molecule has 0 aliphatic rings. The van der Waals surface area contributed by atoms with Crippen molar-refractivity contribution in [3.8, 4) is 0 Å². The molecule has 0 radical (unpaired) electrons. The Hall–Kier alpha value is -4.44. The van der Waals surface area contributed by atoms with E-state index in [0.29, 0.717) is 11.1 Å². The van der Waals surface area contributed by atoms with E-state index >= 15 is 0 Å². The van der Waals surface area contributed by atoms with Crippen LogP contribution < -0.4 is 0 Å². The third kappa shape index (κ3) is 5.76. The Labute approximate surface area is 224 Å². The van der Waals surface area contributed by atoms with Gasteiger partial charge in [0.05, 0.1) is 11.1 Å². The molecule has 0 spiro atoms. The lowest BCUT2D eigenvalue weighted by molar-refractivity contribution is 0.0646.